The molecule has 1 spiro atoms. The summed E-state index contributed by atoms with van der Waals surface area (Å²) in [5.74, 6) is -0.761. The normalized spacial score (nSPS) is 24.3. The quantitative estimate of drug-likeness (QED) is 0.703. The predicted octanol–water partition coefficient (Wildman–Crippen LogP) is 2.05. The molecule has 0 radical (unpaired) electrons. The number of hydrogen-bond acceptors (Lipinski definition) is 4. The molecule has 2 N–H and O–H groups in total. The van der Waals surface area contributed by atoms with Gasteiger partial charge in [-0.3, -0.25) is 19.7 Å². The van der Waals surface area contributed by atoms with Crippen LogP contribution in [0.5, 0.6) is 0 Å². The van der Waals surface area contributed by atoms with Crippen LogP contribution in [-0.4, -0.2) is 59.2 Å². The van der Waals surface area contributed by atoms with Crippen LogP contribution in [0.1, 0.15) is 35.4 Å². The number of anilines is 1. The summed E-state index contributed by atoms with van der Waals surface area (Å²) >= 11 is 0. The molecule has 2 aromatic rings. The lowest BCUT2D eigenvalue weighted by Gasteiger charge is -2.32. The van der Waals surface area contributed by atoms with Gasteiger partial charge in [0, 0.05) is 32.1 Å². The molecule has 2 fully saturated rings. The number of rotatable bonds is 4. The van der Waals surface area contributed by atoms with E-state index in [0.29, 0.717) is 25.1 Å². The van der Waals surface area contributed by atoms with Crippen molar-refractivity contribution in [2.75, 3.05) is 25.5 Å². The highest BCUT2D eigenvalue weighted by atomic mass is 16.2. The summed E-state index contributed by atoms with van der Waals surface area (Å²) in [5.41, 5.74) is 2.63. The maximum atomic E-state index is 13.0. The zero-order valence-electron chi connectivity index (χ0n) is 18.5. The summed E-state index contributed by atoms with van der Waals surface area (Å²) in [7, 11) is 1.63. The predicted molar refractivity (Wildman–Crippen MR) is 122 cm³/mol. The Balaban J connectivity index is 1.25. The zero-order valence-corrected chi connectivity index (χ0v) is 18.5. The van der Waals surface area contributed by atoms with Gasteiger partial charge in [-0.15, -0.1) is 0 Å². The monoisotopic (exact) mass is 446 g/mol. The van der Waals surface area contributed by atoms with Crippen LogP contribution in [0, 0.1) is 0 Å². The fraction of sp³-hybridized carbons (Fsp3) is 0.360. The highest BCUT2D eigenvalue weighted by Crippen LogP contribution is 2.38. The van der Waals surface area contributed by atoms with E-state index in [9.17, 15) is 19.2 Å². The molecule has 2 unspecified atom stereocenters. The Morgan fingerprint density at radius 1 is 1.09 bits per heavy atom. The smallest absolute Gasteiger partial charge is 0.324 e. The first kappa shape index (κ1) is 21.2. The van der Waals surface area contributed by atoms with E-state index in [2.05, 4.69) is 10.6 Å². The third-order valence-electron chi connectivity index (χ3n) is 7.11. The summed E-state index contributed by atoms with van der Waals surface area (Å²) in [6, 6.07) is 14.9. The molecule has 2 saturated heterocycles. The second-order valence-electron chi connectivity index (χ2n) is 9.10. The highest BCUT2D eigenvalue weighted by Gasteiger charge is 2.54. The average molecular weight is 447 g/mol. The molecule has 1 aliphatic carbocycles. The van der Waals surface area contributed by atoms with Crippen molar-refractivity contribution in [2.45, 2.75) is 37.1 Å². The minimum absolute atomic E-state index is 0.00281. The Morgan fingerprint density at radius 2 is 1.85 bits per heavy atom. The fourth-order valence-electron chi connectivity index (χ4n) is 5.24. The molecule has 0 bridgehead atoms. The minimum atomic E-state index is -0.894. The molecule has 3 aliphatic rings. The topological polar surface area (TPSA) is 98.8 Å². The van der Waals surface area contributed by atoms with E-state index in [0.717, 1.165) is 29.5 Å². The number of carbonyl (C=O) groups excluding carboxylic acids is 4. The van der Waals surface area contributed by atoms with Gasteiger partial charge in [0.25, 0.3) is 5.91 Å². The van der Waals surface area contributed by atoms with Crippen molar-refractivity contribution in [2.24, 2.45) is 0 Å². The highest BCUT2D eigenvalue weighted by molar-refractivity contribution is 6.07. The van der Waals surface area contributed by atoms with E-state index < -0.39 is 5.54 Å². The molecule has 33 heavy (non-hydrogen) atoms. The second-order valence-corrected chi connectivity index (χ2v) is 9.10. The number of nitrogens with zero attached hydrogens (tertiary/aromatic N) is 2. The SMILES string of the molecule is CN1C(=O)NC(=O)C12Cc1ccc(NC(=O)CN3CCCC(c4ccccc4)C3=O)cc1C2. The molecule has 170 valence electrons. The number of benzene rings is 2. The molecule has 0 aromatic heterocycles. The summed E-state index contributed by atoms with van der Waals surface area (Å²) in [4.78, 5) is 53.2. The summed E-state index contributed by atoms with van der Waals surface area (Å²) in [5, 5.41) is 5.28. The van der Waals surface area contributed by atoms with Crippen LogP contribution < -0.4 is 10.6 Å². The van der Waals surface area contributed by atoms with E-state index >= 15 is 0 Å². The lowest BCUT2D eigenvalue weighted by molar-refractivity contribution is -0.138. The van der Waals surface area contributed by atoms with Crippen molar-refractivity contribution in [1.29, 1.82) is 0 Å². The number of imide groups is 1. The van der Waals surface area contributed by atoms with Crippen LogP contribution in [0.4, 0.5) is 10.5 Å². The van der Waals surface area contributed by atoms with Gasteiger partial charge in [-0.2, -0.15) is 0 Å². The number of hydrogen-bond donors (Lipinski definition) is 2. The largest absolute Gasteiger partial charge is 0.333 e. The number of likely N-dealkylation sites (tertiary alicyclic amines) is 1. The molecule has 5 amide bonds. The van der Waals surface area contributed by atoms with Gasteiger partial charge in [0.05, 0.1) is 12.5 Å². The van der Waals surface area contributed by atoms with Crippen molar-refractivity contribution < 1.29 is 19.2 Å². The number of nitrogens with one attached hydrogen (secondary N) is 2. The van der Waals surface area contributed by atoms with Crippen molar-refractivity contribution in [1.82, 2.24) is 15.1 Å². The van der Waals surface area contributed by atoms with Crippen molar-refractivity contribution in [3.8, 4) is 0 Å². The van der Waals surface area contributed by atoms with Gasteiger partial charge >= 0.3 is 6.03 Å². The molecule has 8 nitrogen and oxygen atoms in total. The van der Waals surface area contributed by atoms with Gasteiger partial charge in [0.15, 0.2) is 0 Å². The Kier molecular flexibility index (Phi) is 5.15. The Hall–Kier alpha value is -3.68. The lowest BCUT2D eigenvalue weighted by atomic mass is 9.90. The van der Waals surface area contributed by atoms with Crippen molar-refractivity contribution >= 4 is 29.4 Å². The van der Waals surface area contributed by atoms with Crippen LogP contribution in [0.25, 0.3) is 0 Å². The van der Waals surface area contributed by atoms with Crippen LogP contribution in [0.2, 0.25) is 0 Å². The molecule has 5 rings (SSSR count). The number of fused-ring (bicyclic) bond motifs is 1. The van der Waals surface area contributed by atoms with Gasteiger partial charge in [0.2, 0.25) is 11.8 Å². The number of carbonyl (C=O) groups is 4. The number of likely N-dealkylation sites (N-methyl/N-ethyl adjacent to an activating group) is 1. The Morgan fingerprint density at radius 3 is 2.58 bits per heavy atom. The first-order chi connectivity index (χ1) is 15.9. The van der Waals surface area contributed by atoms with E-state index in [-0.39, 0.29) is 36.2 Å². The van der Waals surface area contributed by atoms with Crippen molar-refractivity contribution in [3.05, 3.63) is 65.2 Å². The fourth-order valence-corrected chi connectivity index (χ4v) is 5.24. The number of amides is 5. The van der Waals surface area contributed by atoms with E-state index in [1.54, 1.807) is 18.0 Å². The van der Waals surface area contributed by atoms with E-state index in [1.807, 2.05) is 42.5 Å². The van der Waals surface area contributed by atoms with Crippen LogP contribution in [-0.2, 0) is 27.2 Å². The van der Waals surface area contributed by atoms with Gasteiger partial charge in [0.1, 0.15) is 5.54 Å². The molecule has 2 aliphatic heterocycles. The Bertz CT molecular complexity index is 1150. The van der Waals surface area contributed by atoms with E-state index in [1.165, 1.54) is 4.90 Å². The third kappa shape index (κ3) is 3.65. The number of urea groups is 1. The molecule has 2 heterocycles. The lowest BCUT2D eigenvalue weighted by Crippen LogP contribution is -2.48. The minimum Gasteiger partial charge on any atom is -0.333 e. The second kappa shape index (κ2) is 8.03. The van der Waals surface area contributed by atoms with Gasteiger partial charge in [-0.25, -0.2) is 4.79 Å². The molecule has 2 aromatic carbocycles. The first-order valence-corrected chi connectivity index (χ1v) is 11.2. The molecular weight excluding hydrogens is 420 g/mol. The summed E-state index contributed by atoms with van der Waals surface area (Å²) in [6.45, 7) is 0.570. The maximum absolute atomic E-state index is 13.0. The Labute approximate surface area is 191 Å². The maximum Gasteiger partial charge on any atom is 0.324 e. The zero-order chi connectivity index (χ0) is 23.2. The third-order valence-corrected chi connectivity index (χ3v) is 7.11. The average Bonchev–Trinajstić information content (AvgIpc) is 3.29. The molecule has 0 saturated carbocycles. The molecule has 8 heteroatoms. The standard InChI is InChI=1S/C25H26N4O4/c1-28-24(33)27-23(32)25(28)13-17-9-10-19(12-18(17)14-25)26-21(30)15-29-11-5-8-20(22(29)31)16-6-3-2-4-7-16/h2-4,6-7,9-10,12,20H,5,8,11,13-15H2,1H3,(H,26,30)(H,27,32,33). The van der Waals surface area contributed by atoms with Gasteiger partial charge in [-0.05, 0) is 41.7 Å². The summed E-state index contributed by atoms with van der Waals surface area (Å²) < 4.78 is 0. The number of piperidine rings is 1. The first-order valence-electron chi connectivity index (χ1n) is 11.2. The molecular formula is C25H26N4O4. The van der Waals surface area contributed by atoms with Gasteiger partial charge < -0.3 is 15.1 Å². The van der Waals surface area contributed by atoms with E-state index in [4.69, 9.17) is 0 Å². The van der Waals surface area contributed by atoms with Gasteiger partial charge in [-0.1, -0.05) is 36.4 Å². The molecule has 2 atom stereocenters. The van der Waals surface area contributed by atoms with Crippen molar-refractivity contribution in [3.63, 3.8) is 0 Å². The van der Waals surface area contributed by atoms with Crippen LogP contribution >= 0.6 is 0 Å². The van der Waals surface area contributed by atoms with Crippen LogP contribution in [0.15, 0.2) is 48.5 Å². The van der Waals surface area contributed by atoms with Crippen LogP contribution in [0.3, 0.4) is 0 Å². The summed E-state index contributed by atoms with van der Waals surface area (Å²) in [6.07, 6.45) is 2.50.